The van der Waals surface area contributed by atoms with Gasteiger partial charge in [-0.05, 0) is 18.5 Å². The summed E-state index contributed by atoms with van der Waals surface area (Å²) in [7, 11) is 0. The molecule has 1 aliphatic rings. The summed E-state index contributed by atoms with van der Waals surface area (Å²) in [5, 5.41) is 9.67. The lowest BCUT2D eigenvalue weighted by molar-refractivity contribution is 1.04. The first kappa shape index (κ1) is 7.85. The highest BCUT2D eigenvalue weighted by Crippen LogP contribution is 2.12. The van der Waals surface area contributed by atoms with Gasteiger partial charge in [-0.3, -0.25) is 5.41 Å². The van der Waals surface area contributed by atoms with Crippen molar-refractivity contribution in [3.05, 3.63) is 17.1 Å². The largest absolute Gasteiger partial charge is 0.383 e. The summed E-state index contributed by atoms with van der Waals surface area (Å²) in [6.45, 7) is 1.74. The van der Waals surface area contributed by atoms with E-state index in [9.17, 15) is 0 Å². The lowest BCUT2D eigenvalue weighted by Crippen LogP contribution is -2.25. The Kier molecular flexibility index (Phi) is 1.98. The Bertz CT molecular complexity index is 296. The molecule has 0 aromatic rings. The number of hydrogen-bond acceptors (Lipinski definition) is 4. The van der Waals surface area contributed by atoms with Crippen molar-refractivity contribution in [3.8, 4) is 0 Å². The number of hydrogen-bond donors (Lipinski definition) is 3. The monoisotopic (exact) mass is 170 g/mol. The average molecular weight is 171 g/mol. The summed E-state index contributed by atoms with van der Waals surface area (Å²) in [4.78, 5) is 3.75. The molecule has 0 amide bonds. The molecular weight excluding hydrogens is 164 g/mol. The van der Waals surface area contributed by atoms with Crippen LogP contribution in [0.25, 0.3) is 0 Å². The molecule has 0 aromatic heterocycles. The molecule has 11 heavy (non-hydrogen) atoms. The Morgan fingerprint density at radius 3 is 2.91 bits per heavy atom. The molecule has 58 valence electrons. The van der Waals surface area contributed by atoms with E-state index in [1.54, 1.807) is 6.92 Å². The zero-order chi connectivity index (χ0) is 8.43. The van der Waals surface area contributed by atoms with E-state index in [1.807, 2.05) is 0 Å². The SMILES string of the molecule is CC1=C(N)N=C(Cl)NC1=C=N. The van der Waals surface area contributed by atoms with Gasteiger partial charge in [-0.2, -0.15) is 0 Å². The highest BCUT2D eigenvalue weighted by atomic mass is 35.5. The van der Waals surface area contributed by atoms with Gasteiger partial charge in [0, 0.05) is 11.4 Å². The molecular formula is C6H7ClN4. The van der Waals surface area contributed by atoms with Gasteiger partial charge in [-0.15, -0.1) is 0 Å². The zero-order valence-electron chi connectivity index (χ0n) is 5.90. The number of halogens is 1. The molecule has 1 heterocycles. The molecule has 0 saturated carbocycles. The Morgan fingerprint density at radius 2 is 2.36 bits per heavy atom. The summed E-state index contributed by atoms with van der Waals surface area (Å²) in [6, 6.07) is 0. The number of nitrogens with one attached hydrogen (secondary N) is 2. The fourth-order valence-electron chi connectivity index (χ4n) is 0.668. The van der Waals surface area contributed by atoms with Crippen molar-refractivity contribution in [2.24, 2.45) is 10.7 Å². The van der Waals surface area contributed by atoms with Gasteiger partial charge >= 0.3 is 0 Å². The second kappa shape index (κ2) is 2.78. The number of rotatable bonds is 0. The fraction of sp³-hybridized carbons (Fsp3) is 0.167. The first-order valence-electron chi connectivity index (χ1n) is 2.92. The first-order chi connectivity index (χ1) is 5.15. The normalized spacial score (nSPS) is 17.3. The van der Waals surface area contributed by atoms with Crippen LogP contribution in [0.3, 0.4) is 0 Å². The van der Waals surface area contributed by atoms with Crippen LogP contribution in [-0.2, 0) is 0 Å². The van der Waals surface area contributed by atoms with Gasteiger partial charge < -0.3 is 11.1 Å². The number of aliphatic imine (C=N–C) groups is 1. The molecule has 0 radical (unpaired) electrons. The zero-order valence-corrected chi connectivity index (χ0v) is 6.66. The van der Waals surface area contributed by atoms with Crippen molar-refractivity contribution < 1.29 is 0 Å². The first-order valence-corrected chi connectivity index (χ1v) is 3.30. The van der Waals surface area contributed by atoms with Gasteiger partial charge in [0.2, 0.25) is 5.29 Å². The van der Waals surface area contributed by atoms with E-state index < -0.39 is 0 Å². The van der Waals surface area contributed by atoms with Crippen LogP contribution in [0.5, 0.6) is 0 Å². The third-order valence-electron chi connectivity index (χ3n) is 1.33. The molecule has 0 fully saturated rings. The van der Waals surface area contributed by atoms with Crippen molar-refractivity contribution in [1.29, 1.82) is 5.41 Å². The molecule has 5 heteroatoms. The summed E-state index contributed by atoms with van der Waals surface area (Å²) in [6.07, 6.45) is 0. The highest BCUT2D eigenvalue weighted by Gasteiger charge is 2.11. The molecule has 0 unspecified atom stereocenters. The third kappa shape index (κ3) is 1.42. The molecule has 1 aliphatic heterocycles. The van der Waals surface area contributed by atoms with Gasteiger partial charge in [-0.1, -0.05) is 0 Å². The Balaban J connectivity index is 3.16. The second-order valence-electron chi connectivity index (χ2n) is 2.04. The number of amidine groups is 1. The Labute approximate surface area is 69.0 Å². The number of allylic oxidation sites excluding steroid dienone is 1. The van der Waals surface area contributed by atoms with Gasteiger partial charge in [0.05, 0.1) is 0 Å². The predicted octanol–water partition coefficient (Wildman–Crippen LogP) is 0.507. The Morgan fingerprint density at radius 1 is 1.73 bits per heavy atom. The standard InChI is InChI=1S/C6H7ClN4/c1-3-4(2-8)10-6(7)11-5(3)9/h8H,9H2,1H3,(H,10,11). The maximum absolute atomic E-state index is 6.85. The minimum Gasteiger partial charge on any atom is -0.383 e. The smallest absolute Gasteiger partial charge is 0.202 e. The quantitative estimate of drug-likeness (QED) is 0.366. The van der Waals surface area contributed by atoms with Crippen LogP contribution >= 0.6 is 11.6 Å². The van der Waals surface area contributed by atoms with Crippen LogP contribution in [-0.4, -0.2) is 11.2 Å². The second-order valence-corrected chi connectivity index (χ2v) is 2.40. The van der Waals surface area contributed by atoms with E-state index in [0.717, 1.165) is 0 Å². The van der Waals surface area contributed by atoms with Gasteiger partial charge in [-0.25, -0.2) is 4.99 Å². The van der Waals surface area contributed by atoms with Gasteiger partial charge in [0.1, 0.15) is 11.5 Å². The molecule has 0 bridgehead atoms. The van der Waals surface area contributed by atoms with Crippen molar-refractivity contribution in [1.82, 2.24) is 5.32 Å². The summed E-state index contributed by atoms with van der Waals surface area (Å²) in [5.74, 6) is 2.49. The molecule has 0 atom stereocenters. The highest BCUT2D eigenvalue weighted by molar-refractivity contribution is 6.65. The molecule has 0 aliphatic carbocycles. The summed E-state index contributed by atoms with van der Waals surface area (Å²) in [5.41, 5.74) is 6.60. The van der Waals surface area contributed by atoms with Crippen molar-refractivity contribution in [2.45, 2.75) is 6.92 Å². The van der Waals surface area contributed by atoms with Gasteiger partial charge in [0.25, 0.3) is 0 Å². The van der Waals surface area contributed by atoms with Crippen molar-refractivity contribution in [2.75, 3.05) is 0 Å². The van der Waals surface area contributed by atoms with E-state index in [4.69, 9.17) is 22.7 Å². The van der Waals surface area contributed by atoms with E-state index in [-0.39, 0.29) is 5.29 Å². The van der Waals surface area contributed by atoms with Crippen molar-refractivity contribution >= 4 is 22.8 Å². The van der Waals surface area contributed by atoms with E-state index >= 15 is 0 Å². The molecule has 1 rings (SSSR count). The predicted molar refractivity (Wildman–Crippen MR) is 44.6 cm³/mol. The summed E-state index contributed by atoms with van der Waals surface area (Å²) >= 11 is 5.53. The minimum absolute atomic E-state index is 0.169. The van der Waals surface area contributed by atoms with E-state index in [0.29, 0.717) is 17.1 Å². The number of nitrogens with zero attached hydrogens (tertiary/aromatic N) is 1. The average Bonchev–Trinajstić information content (AvgIpc) is 1.96. The maximum Gasteiger partial charge on any atom is 0.202 e. The maximum atomic E-state index is 6.85. The van der Waals surface area contributed by atoms with Crippen LogP contribution in [0, 0.1) is 5.41 Å². The topological polar surface area (TPSA) is 74.3 Å². The van der Waals surface area contributed by atoms with Gasteiger partial charge in [0.15, 0.2) is 0 Å². The molecule has 0 aromatic carbocycles. The summed E-state index contributed by atoms with van der Waals surface area (Å²) < 4.78 is 0. The third-order valence-corrected chi connectivity index (χ3v) is 1.51. The van der Waals surface area contributed by atoms with Crippen LogP contribution in [0.4, 0.5) is 0 Å². The van der Waals surface area contributed by atoms with E-state index in [1.165, 1.54) is 0 Å². The number of nitrogens with two attached hydrogens (primary N) is 1. The molecule has 4 N–H and O–H groups in total. The van der Waals surface area contributed by atoms with Crippen LogP contribution < -0.4 is 11.1 Å². The minimum atomic E-state index is 0.169. The van der Waals surface area contributed by atoms with E-state index in [2.05, 4.69) is 16.2 Å². The molecule has 4 nitrogen and oxygen atoms in total. The van der Waals surface area contributed by atoms with Crippen molar-refractivity contribution in [3.63, 3.8) is 0 Å². The van der Waals surface area contributed by atoms with Crippen LogP contribution in [0.2, 0.25) is 0 Å². The molecule has 0 saturated heterocycles. The van der Waals surface area contributed by atoms with Crippen LogP contribution in [0.1, 0.15) is 6.92 Å². The lowest BCUT2D eigenvalue weighted by Gasteiger charge is -2.13. The van der Waals surface area contributed by atoms with Crippen LogP contribution in [0.15, 0.2) is 22.1 Å². The molecule has 0 spiro atoms. The fourth-order valence-corrected chi connectivity index (χ4v) is 0.853. The Hall–Kier alpha value is -1.25. The lowest BCUT2D eigenvalue weighted by atomic mass is 10.2.